The second kappa shape index (κ2) is 7.33. The van der Waals surface area contributed by atoms with E-state index in [1.807, 2.05) is 27.7 Å². The second-order valence-electron chi connectivity index (χ2n) is 5.41. The molecule has 0 heterocycles. The summed E-state index contributed by atoms with van der Waals surface area (Å²) in [5, 5.41) is 10.8. The summed E-state index contributed by atoms with van der Waals surface area (Å²) < 4.78 is 31.9. The largest absolute Gasteiger partial charge is 0.371 e. The fourth-order valence-electron chi connectivity index (χ4n) is 1.87. The molecule has 1 aromatic carbocycles. The molecule has 0 bridgehead atoms. The minimum absolute atomic E-state index is 0.0289. The van der Waals surface area contributed by atoms with Crippen LogP contribution in [0.1, 0.15) is 39.3 Å². The van der Waals surface area contributed by atoms with Crippen LogP contribution in [0.4, 0.5) is 8.78 Å². The van der Waals surface area contributed by atoms with Gasteiger partial charge >= 0.3 is 0 Å². The van der Waals surface area contributed by atoms with E-state index in [-0.39, 0.29) is 30.5 Å². The van der Waals surface area contributed by atoms with Crippen molar-refractivity contribution in [1.82, 2.24) is 5.32 Å². The number of benzene rings is 1. The Labute approximate surface area is 118 Å². The number of hydrogen-bond donors (Lipinski definition) is 2. The van der Waals surface area contributed by atoms with Gasteiger partial charge in [0.05, 0.1) is 12.1 Å². The summed E-state index contributed by atoms with van der Waals surface area (Å²) in [5.74, 6) is -0.951. The molecule has 3 nitrogen and oxygen atoms in total. The molecule has 1 rings (SSSR count). The highest BCUT2D eigenvalue weighted by Gasteiger charge is 2.18. The van der Waals surface area contributed by atoms with Crippen LogP contribution in [0.25, 0.3) is 0 Å². The van der Waals surface area contributed by atoms with Gasteiger partial charge in [-0.3, -0.25) is 5.41 Å². The molecule has 0 amide bonds. The summed E-state index contributed by atoms with van der Waals surface area (Å²) in [4.78, 5) is 0. The zero-order valence-electron chi connectivity index (χ0n) is 12.3. The van der Waals surface area contributed by atoms with E-state index in [1.165, 1.54) is 12.1 Å². The maximum absolute atomic E-state index is 13.3. The lowest BCUT2D eigenvalue weighted by atomic mass is 9.95. The van der Waals surface area contributed by atoms with Crippen LogP contribution in [-0.4, -0.2) is 18.5 Å². The maximum atomic E-state index is 13.3. The van der Waals surface area contributed by atoms with Crippen molar-refractivity contribution in [1.29, 1.82) is 5.41 Å². The topological polar surface area (TPSA) is 45.1 Å². The Balaban J connectivity index is 2.81. The van der Waals surface area contributed by atoms with Crippen molar-refractivity contribution in [3.05, 3.63) is 35.4 Å². The van der Waals surface area contributed by atoms with Crippen molar-refractivity contribution < 1.29 is 13.5 Å². The first-order chi connectivity index (χ1) is 9.29. The molecular weight excluding hydrogens is 262 g/mol. The normalized spacial score (nSPS) is 12.8. The smallest absolute Gasteiger partial charge is 0.126 e. The number of halogens is 2. The molecule has 1 atom stereocenters. The fraction of sp³-hybridized carbons (Fsp3) is 0.533. The maximum Gasteiger partial charge on any atom is 0.126 e. The first-order valence-electron chi connectivity index (χ1n) is 6.71. The summed E-state index contributed by atoms with van der Waals surface area (Å²) in [6.07, 6.45) is 0.0289. The molecule has 0 spiro atoms. The molecule has 0 saturated carbocycles. The number of ether oxygens (including phenoxy) is 1. The summed E-state index contributed by atoms with van der Waals surface area (Å²) in [5.41, 5.74) is 0.492. The molecule has 0 fully saturated rings. The van der Waals surface area contributed by atoms with Gasteiger partial charge in [-0.25, -0.2) is 8.78 Å². The average molecular weight is 284 g/mol. The highest BCUT2D eigenvalue weighted by Crippen LogP contribution is 2.23. The minimum atomic E-state index is -0.614. The lowest BCUT2D eigenvalue weighted by molar-refractivity contribution is 0.108. The van der Waals surface area contributed by atoms with Gasteiger partial charge in [0.2, 0.25) is 0 Å². The van der Waals surface area contributed by atoms with Crippen LogP contribution in [0.2, 0.25) is 0 Å². The zero-order chi connectivity index (χ0) is 15.3. The summed E-state index contributed by atoms with van der Waals surface area (Å²) >= 11 is 0. The van der Waals surface area contributed by atoms with E-state index in [4.69, 9.17) is 10.1 Å². The zero-order valence-corrected chi connectivity index (χ0v) is 12.3. The first-order valence-corrected chi connectivity index (χ1v) is 6.71. The second-order valence-corrected chi connectivity index (χ2v) is 5.41. The Bertz CT molecular complexity index is 441. The van der Waals surface area contributed by atoms with Gasteiger partial charge in [-0.05, 0) is 37.5 Å². The third-order valence-corrected chi connectivity index (χ3v) is 2.80. The third kappa shape index (κ3) is 5.25. The van der Waals surface area contributed by atoms with E-state index in [9.17, 15) is 8.78 Å². The minimum Gasteiger partial charge on any atom is -0.371 e. The van der Waals surface area contributed by atoms with Crippen molar-refractivity contribution in [2.45, 2.75) is 39.8 Å². The quantitative estimate of drug-likeness (QED) is 0.618. The van der Waals surface area contributed by atoms with Gasteiger partial charge in [0.1, 0.15) is 24.1 Å². The number of hydrogen-bond acceptors (Lipinski definition) is 2. The van der Waals surface area contributed by atoms with Gasteiger partial charge in [-0.15, -0.1) is 0 Å². The Morgan fingerprint density at radius 1 is 1.15 bits per heavy atom. The monoisotopic (exact) mass is 284 g/mol. The van der Waals surface area contributed by atoms with Gasteiger partial charge in [0.15, 0.2) is 0 Å². The molecule has 0 saturated heterocycles. The van der Waals surface area contributed by atoms with E-state index in [0.717, 1.165) is 6.07 Å². The van der Waals surface area contributed by atoms with Crippen LogP contribution in [-0.2, 0) is 4.74 Å². The molecular formula is C15H22F2N2O. The lowest BCUT2D eigenvalue weighted by Crippen LogP contribution is -2.34. The molecule has 0 aromatic heterocycles. The van der Waals surface area contributed by atoms with Gasteiger partial charge in [-0.2, -0.15) is 0 Å². The van der Waals surface area contributed by atoms with Crippen LogP contribution in [0.3, 0.4) is 0 Å². The number of rotatable bonds is 6. The van der Waals surface area contributed by atoms with Crippen molar-refractivity contribution in [2.24, 2.45) is 5.92 Å². The van der Waals surface area contributed by atoms with Gasteiger partial charge in [-0.1, -0.05) is 13.8 Å². The molecule has 0 aliphatic heterocycles. The van der Waals surface area contributed by atoms with Crippen LogP contribution in [0, 0.1) is 23.0 Å². The third-order valence-electron chi connectivity index (χ3n) is 2.80. The Kier molecular flexibility index (Phi) is 6.07. The van der Waals surface area contributed by atoms with E-state index < -0.39 is 11.6 Å². The highest BCUT2D eigenvalue weighted by atomic mass is 19.1. The Morgan fingerprint density at radius 3 is 2.15 bits per heavy atom. The Morgan fingerprint density at radius 2 is 1.70 bits per heavy atom. The Hall–Kier alpha value is -1.49. The van der Waals surface area contributed by atoms with Crippen molar-refractivity contribution in [3.63, 3.8) is 0 Å². The van der Waals surface area contributed by atoms with E-state index in [0.29, 0.717) is 5.56 Å². The molecule has 0 unspecified atom stereocenters. The summed E-state index contributed by atoms with van der Waals surface area (Å²) in [6, 6.07) is 3.09. The predicted molar refractivity (Wildman–Crippen MR) is 75.9 cm³/mol. The van der Waals surface area contributed by atoms with Crippen molar-refractivity contribution >= 4 is 5.84 Å². The summed E-state index contributed by atoms with van der Waals surface area (Å²) in [7, 11) is 0. The molecule has 0 aliphatic rings. The standard InChI is InChI=1S/C15H22F2N2O/c1-9(2)15(19-14(18)8-20-10(3)4)11-5-12(16)7-13(17)6-11/h5-7,9-10,15H,8H2,1-4H3,(H2,18,19)/t15-/m0/s1. The van der Waals surface area contributed by atoms with Gasteiger partial charge in [0, 0.05) is 6.07 Å². The molecule has 0 aliphatic carbocycles. The van der Waals surface area contributed by atoms with Crippen molar-refractivity contribution in [3.8, 4) is 0 Å². The van der Waals surface area contributed by atoms with Crippen LogP contribution in [0.15, 0.2) is 18.2 Å². The fourth-order valence-corrected chi connectivity index (χ4v) is 1.87. The predicted octanol–water partition coefficient (Wildman–Crippen LogP) is 3.65. The van der Waals surface area contributed by atoms with Crippen LogP contribution < -0.4 is 5.32 Å². The van der Waals surface area contributed by atoms with Gasteiger partial charge < -0.3 is 10.1 Å². The number of nitrogens with one attached hydrogen (secondary N) is 2. The molecule has 0 radical (unpaired) electrons. The van der Waals surface area contributed by atoms with Crippen LogP contribution in [0.5, 0.6) is 0 Å². The summed E-state index contributed by atoms with van der Waals surface area (Å²) in [6.45, 7) is 7.77. The molecule has 5 heteroatoms. The molecule has 1 aromatic rings. The van der Waals surface area contributed by atoms with Gasteiger partial charge in [0.25, 0.3) is 0 Å². The van der Waals surface area contributed by atoms with E-state index in [1.54, 1.807) is 0 Å². The first kappa shape index (κ1) is 16.6. The van der Waals surface area contributed by atoms with Crippen LogP contribution >= 0.6 is 0 Å². The highest BCUT2D eigenvalue weighted by molar-refractivity contribution is 5.80. The van der Waals surface area contributed by atoms with E-state index in [2.05, 4.69) is 5.32 Å². The lowest BCUT2D eigenvalue weighted by Gasteiger charge is -2.24. The average Bonchev–Trinajstić information content (AvgIpc) is 2.31. The number of amidine groups is 1. The molecule has 112 valence electrons. The SMILES string of the molecule is CC(C)OCC(=N)N[C@H](c1cc(F)cc(F)c1)C(C)C. The molecule has 2 N–H and O–H groups in total. The van der Waals surface area contributed by atoms with Crippen molar-refractivity contribution in [2.75, 3.05) is 6.61 Å². The molecule has 20 heavy (non-hydrogen) atoms. The van der Waals surface area contributed by atoms with E-state index >= 15 is 0 Å².